The zero-order chi connectivity index (χ0) is 110. The van der Waals surface area contributed by atoms with Gasteiger partial charge in [-0.1, -0.05) is 109 Å². The number of rotatable bonds is 22. The van der Waals surface area contributed by atoms with Crippen molar-refractivity contribution in [2.75, 3.05) is 128 Å². The van der Waals surface area contributed by atoms with Crippen molar-refractivity contribution < 1.29 is 169 Å². The molecule has 14 rings (SSSR count). The lowest BCUT2D eigenvalue weighted by molar-refractivity contribution is -0.193. The summed E-state index contributed by atoms with van der Waals surface area (Å²) in [4.78, 5) is 83.6. The summed E-state index contributed by atoms with van der Waals surface area (Å²) < 4.78 is 131. The Morgan fingerprint density at radius 1 is 0.322 bits per heavy atom. The smallest absolute Gasteiger partial charge is 0.471 e. The number of aliphatic hydroxyl groups is 11. The number of nitrogens with zero attached hydrogens (tertiary/aromatic N) is 4. The van der Waals surface area contributed by atoms with Gasteiger partial charge in [0.15, 0.2) is 0 Å². The van der Waals surface area contributed by atoms with E-state index in [1.165, 1.54) is 24.0 Å². The molecular weight excluding hydrogens is 1960 g/mol. The molecular formula is C106H152F6N8O29. The third-order valence-corrected chi connectivity index (χ3v) is 25.9. The van der Waals surface area contributed by atoms with E-state index in [9.17, 15) is 80.3 Å². The molecule has 37 nitrogen and oxygen atoms in total. The normalized spacial score (nSPS) is 24.1. The number of aliphatic carboxylic acids is 1. The van der Waals surface area contributed by atoms with Gasteiger partial charge in [0, 0.05) is 51.4 Å². The number of carboxylic acids is 1. The van der Waals surface area contributed by atoms with Gasteiger partial charge in [-0.25, -0.2) is 14.4 Å². The lowest BCUT2D eigenvalue weighted by atomic mass is 9.80. The summed E-state index contributed by atoms with van der Waals surface area (Å²) in [5, 5.41) is 122. The highest BCUT2D eigenvalue weighted by atomic mass is 19.4. The molecule has 6 aromatic rings. The second-order valence-electron chi connectivity index (χ2n) is 39.2. The topological polar surface area (TPSA) is 516 Å². The average molecular weight is 2120 g/mol. The van der Waals surface area contributed by atoms with Crippen LogP contribution in [0.1, 0.15) is 178 Å². The summed E-state index contributed by atoms with van der Waals surface area (Å²) in [7, 11) is 9.10. The van der Waals surface area contributed by atoms with Crippen LogP contribution in [0.3, 0.4) is 0 Å². The number of carboxylic acid groups (broad SMARTS) is 1. The van der Waals surface area contributed by atoms with Crippen LogP contribution in [-0.4, -0.2) is 372 Å². The molecule has 0 saturated carbocycles. The summed E-state index contributed by atoms with van der Waals surface area (Å²) in [6.07, 6.45) is -6.57. The first-order chi connectivity index (χ1) is 70.5. The largest absolute Gasteiger partial charge is 0.497 e. The second-order valence-corrected chi connectivity index (χ2v) is 39.2. The van der Waals surface area contributed by atoms with Crippen molar-refractivity contribution in [2.24, 2.45) is 0 Å². The fraction of sp³-hybridized carbons (Fsp3) is 0.594. The number of methoxy groups -OCH3 is 6. The Balaban J connectivity index is 0.000000243. The molecule has 832 valence electrons. The van der Waals surface area contributed by atoms with Crippen molar-refractivity contribution in [3.63, 3.8) is 0 Å². The molecule has 4 amide bonds. The number of carbonyl (C=O) groups is 7. The number of esters is 2. The number of hydrogen-bond acceptors (Lipinski definition) is 32. The number of likely N-dealkylation sites (tertiary alicyclic amines) is 4. The number of hydrogen-bond donors (Lipinski definition) is 16. The van der Waals surface area contributed by atoms with Gasteiger partial charge in [-0.15, -0.1) is 0 Å². The average Bonchev–Trinajstić information content (AvgIpc) is 0.732. The number of carbonyl (C=O) groups excluding carboxylic acids is 6. The molecule has 0 bridgehead atoms. The lowest BCUT2D eigenvalue weighted by Gasteiger charge is -2.42. The first kappa shape index (κ1) is 125. The minimum absolute atomic E-state index is 0.0913. The van der Waals surface area contributed by atoms with Crippen molar-refractivity contribution in [2.45, 2.75) is 276 Å². The van der Waals surface area contributed by atoms with Gasteiger partial charge in [0.25, 0.3) is 0 Å². The number of halogens is 6. The van der Waals surface area contributed by atoms with E-state index in [4.69, 9.17) is 78.7 Å². The van der Waals surface area contributed by atoms with Crippen molar-refractivity contribution in [1.29, 1.82) is 0 Å². The Hall–Kier alpha value is -10.7. The molecule has 0 spiro atoms. The van der Waals surface area contributed by atoms with E-state index in [0.29, 0.717) is 112 Å². The number of nitrogens with one attached hydrogen (secondary N) is 4. The Morgan fingerprint density at radius 3 is 0.933 bits per heavy atom. The second kappa shape index (κ2) is 60.5. The molecule has 8 fully saturated rings. The quantitative estimate of drug-likeness (QED) is 0.0132. The first-order valence-electron chi connectivity index (χ1n) is 49.9. The third kappa shape index (κ3) is 39.2. The summed E-state index contributed by atoms with van der Waals surface area (Å²) in [6, 6.07) is 47.4. The van der Waals surface area contributed by atoms with Gasteiger partial charge in [-0.3, -0.25) is 24.1 Å². The van der Waals surface area contributed by atoms with Crippen LogP contribution >= 0.6 is 0 Å². The van der Waals surface area contributed by atoms with E-state index < -0.39 is 132 Å². The van der Waals surface area contributed by atoms with Crippen LogP contribution in [0.15, 0.2) is 158 Å². The maximum atomic E-state index is 13.4. The van der Waals surface area contributed by atoms with Gasteiger partial charge >= 0.3 is 54.3 Å². The molecule has 16 atom stereocenters. The van der Waals surface area contributed by atoms with Gasteiger partial charge in [0.2, 0.25) is 0 Å². The fourth-order valence-electron chi connectivity index (χ4n) is 17.7. The summed E-state index contributed by atoms with van der Waals surface area (Å²) in [5.74, 6) is -2.66. The van der Waals surface area contributed by atoms with Crippen LogP contribution in [0.4, 0.5) is 35.9 Å². The van der Waals surface area contributed by atoms with E-state index in [-0.39, 0.29) is 113 Å². The lowest BCUT2D eigenvalue weighted by Crippen LogP contribution is -2.55. The maximum Gasteiger partial charge on any atom is 0.471 e. The monoisotopic (exact) mass is 2120 g/mol. The Kier molecular flexibility index (Phi) is 50.9. The van der Waals surface area contributed by atoms with E-state index in [1.54, 1.807) is 94.2 Å². The predicted molar refractivity (Wildman–Crippen MR) is 535 cm³/mol. The van der Waals surface area contributed by atoms with Gasteiger partial charge < -0.3 is 145 Å². The van der Waals surface area contributed by atoms with Gasteiger partial charge in [0.1, 0.15) is 63.5 Å². The molecule has 0 unspecified atom stereocenters. The Labute approximate surface area is 865 Å². The Bertz CT molecular complexity index is 4840. The van der Waals surface area contributed by atoms with Crippen molar-refractivity contribution in [3.8, 4) is 23.0 Å². The van der Waals surface area contributed by atoms with Gasteiger partial charge in [-0.2, -0.15) is 26.3 Å². The van der Waals surface area contributed by atoms with E-state index in [0.717, 1.165) is 70.6 Å². The van der Waals surface area contributed by atoms with Crippen molar-refractivity contribution in [3.05, 3.63) is 191 Å². The molecule has 0 aliphatic carbocycles. The Morgan fingerprint density at radius 2 is 0.617 bits per heavy atom. The highest BCUT2D eigenvalue weighted by molar-refractivity contribution is 5.83. The fourth-order valence-corrected chi connectivity index (χ4v) is 17.7. The number of aliphatic hydroxyl groups excluding tert-OH is 11. The van der Waals surface area contributed by atoms with Gasteiger partial charge in [0.05, 0.1) is 156 Å². The molecule has 8 heterocycles. The number of piperidine rings is 8. The van der Waals surface area contributed by atoms with Crippen LogP contribution in [0.25, 0.3) is 0 Å². The first-order valence-corrected chi connectivity index (χ1v) is 49.9. The van der Waals surface area contributed by atoms with E-state index in [2.05, 4.69) is 67.1 Å². The molecule has 149 heavy (non-hydrogen) atoms. The molecule has 6 aromatic carbocycles. The van der Waals surface area contributed by atoms with Crippen LogP contribution < -0.4 is 40.2 Å². The summed E-state index contributed by atoms with van der Waals surface area (Å²) in [5.41, 5.74) is 2.04. The van der Waals surface area contributed by atoms with Gasteiger partial charge in [-0.05, 0) is 226 Å². The van der Waals surface area contributed by atoms with Crippen molar-refractivity contribution in [1.82, 2.24) is 40.9 Å². The minimum Gasteiger partial charge on any atom is -0.497 e. The number of β-amino-alcohol motifs (C(OH)–C–C–N with tert-alkyl or cyclic N) is 8. The predicted octanol–water partition coefficient (Wildman–Crippen LogP) is 8.15. The molecule has 16 N–H and O–H groups in total. The van der Waals surface area contributed by atoms with Crippen LogP contribution in [0, 0.1) is 0 Å². The molecule has 8 aliphatic rings. The van der Waals surface area contributed by atoms with E-state index in [1.807, 2.05) is 97.1 Å². The van der Waals surface area contributed by atoms with Crippen LogP contribution in [-0.2, 0) is 63.6 Å². The van der Waals surface area contributed by atoms with Crippen LogP contribution in [0.2, 0.25) is 0 Å². The zero-order valence-electron chi connectivity index (χ0n) is 86.6. The van der Waals surface area contributed by atoms with Crippen LogP contribution in [0.5, 0.6) is 23.0 Å². The molecule has 8 aliphatic heterocycles. The van der Waals surface area contributed by atoms with Crippen molar-refractivity contribution >= 4 is 41.9 Å². The molecule has 8 saturated heterocycles. The number of alkyl halides is 6. The minimum atomic E-state index is -5.06. The SMILES string of the molecule is CC(C)(C)OC(=O)N1C[C@H](O)CC[C@@H]1CO.COC(=O)[C@H]1CC[C@@H](O)CN1.COC(=O)[C@H]1CC[C@@H](O)CN1C(=O)OC(C)(C)C.COc1ccc(C(OC[C@H]2CC[C@@H](O)CN2)(c2ccccc2)c2ccc(OC)cc2)cc1.COc1ccc(C(OC[C@H]2CC[C@@H](O)CN2C(=O)C(F)(F)F)(c2ccccc2)c2ccc(OC)cc2)cc1.O=C(N1C[C@H](O)CC[C@@H]1CO)C(F)(F)F.O=C(O)[C@H]1CC[C@@H](O)CN1.OC[C@H]1CC[C@@H](O)CN1. The number of amides is 4. The number of benzene rings is 6. The molecule has 0 aromatic heterocycles. The summed E-state index contributed by atoms with van der Waals surface area (Å²) in [6.45, 7) is 12.2. The zero-order valence-corrected chi connectivity index (χ0v) is 86.6. The maximum absolute atomic E-state index is 13.4. The molecule has 0 radical (unpaired) electrons. The standard InChI is InChI=1S/C29H30F3NO5.C27H31NO4.C12H21NO5.C11H21NO4.C8H12F3NO3.C7H13NO3.C6H11NO3.C6H13NO2/c1-36-25-14-8-21(9-15-25)28(20-6-4-3-5-7-20,22-10-16-26(37-2)17-11-22)38-19-23-12-13-24(34)18-33(23)27(35)29(30,31)32;1-30-25-14-8-21(9-15-25)27(20-6-4-3-5-7-20,22-10-16-26(31-2)17-11-22)32-19-23-12-13-24(29)18-28-23;1-12(2,3)18-11(16)13-7-8(14)5-6-9(13)10(15)17-4;1-11(2,3)16-10(15)12-6-9(14)5-4-8(12)7-13;9-8(10,11)7(15)12-3-6(14)2-1-5(12)4-13;1-11-7(10)6-3-2-5(9)4-8-6;8-4-1-2-5(6(9)10)7-3-4;8-4-5-1-2-6(9)3-7-5/h3-11,14-17,23-24,34H,12-13,18-19H2,1-2H3;3-11,14-17,23-24,28-29H,12-13,18-19H2,1-2H3;8-9,14H,5-7H2,1-4H3;8-9,13-14H,4-7H2,1-3H3;5-6,13-14H,1-4H2;5-6,8-9H,2-4H2,1H3;4-5,7-8H,1-3H2,(H,9,10);5-9H,1-4H2/t2*23-,24-;2*8-,9-;2*5-,6-;4-,5-;5-,6-/m11111111/s1. The summed E-state index contributed by atoms with van der Waals surface area (Å²) >= 11 is 0. The highest BCUT2D eigenvalue weighted by Gasteiger charge is 2.50. The number of ether oxygens (including phenoxy) is 10. The van der Waals surface area contributed by atoms with E-state index >= 15 is 0 Å². The molecule has 43 heteroatoms. The third-order valence-electron chi connectivity index (χ3n) is 25.9. The highest BCUT2D eigenvalue weighted by Crippen LogP contribution is 2.45.